The Bertz CT molecular complexity index is 1590. The number of thiazole rings is 1. The molecule has 0 bridgehead atoms. The Morgan fingerprint density at radius 1 is 1.06 bits per heavy atom. The smallest absolute Gasteiger partial charge is 0.271 e. The first-order chi connectivity index (χ1) is 16.4. The van der Waals surface area contributed by atoms with E-state index >= 15 is 0 Å². The lowest BCUT2D eigenvalue weighted by molar-refractivity contribution is -0.113. The van der Waals surface area contributed by atoms with Gasteiger partial charge >= 0.3 is 0 Å². The number of amides is 1. The summed E-state index contributed by atoms with van der Waals surface area (Å²) in [6.45, 7) is 3.77. The third kappa shape index (κ3) is 3.82. The maximum atomic E-state index is 13.7. The fraction of sp³-hybridized carbons (Fsp3) is 0.154. The Kier molecular flexibility index (Phi) is 5.59. The third-order valence-corrected chi connectivity index (χ3v) is 6.96. The van der Waals surface area contributed by atoms with Crippen LogP contribution in [0.3, 0.4) is 0 Å². The van der Waals surface area contributed by atoms with E-state index in [0.717, 1.165) is 16.8 Å². The highest BCUT2D eigenvalue weighted by molar-refractivity contribution is 7.07. The molecule has 5 rings (SSSR count). The van der Waals surface area contributed by atoms with E-state index in [4.69, 9.17) is 0 Å². The Balaban J connectivity index is 1.68. The molecule has 34 heavy (non-hydrogen) atoms. The minimum absolute atomic E-state index is 0.182. The third-order valence-electron chi connectivity index (χ3n) is 5.97. The molecule has 0 aliphatic carbocycles. The van der Waals surface area contributed by atoms with Crippen LogP contribution in [0.5, 0.6) is 0 Å². The molecule has 3 heterocycles. The summed E-state index contributed by atoms with van der Waals surface area (Å²) in [5.74, 6) is -0.279. The number of rotatable bonds is 4. The van der Waals surface area contributed by atoms with Gasteiger partial charge in [0.05, 0.1) is 28.0 Å². The lowest BCUT2D eigenvalue weighted by atomic mass is 9.95. The summed E-state index contributed by atoms with van der Waals surface area (Å²) in [4.78, 5) is 32.4. The average molecular weight is 470 g/mol. The molecular formula is C26H23N5O2S. The van der Waals surface area contributed by atoms with E-state index in [1.54, 1.807) is 15.4 Å². The molecular weight excluding hydrogens is 446 g/mol. The number of para-hydroxylation sites is 1. The van der Waals surface area contributed by atoms with Crippen LogP contribution in [0, 0.1) is 6.92 Å². The molecule has 0 fully saturated rings. The zero-order valence-corrected chi connectivity index (χ0v) is 19.8. The van der Waals surface area contributed by atoms with Crippen molar-refractivity contribution in [3.8, 4) is 0 Å². The number of hydrogen-bond acceptors (Lipinski definition) is 5. The summed E-state index contributed by atoms with van der Waals surface area (Å²) in [6, 6.07) is 18.3. The van der Waals surface area contributed by atoms with Gasteiger partial charge in [-0.3, -0.25) is 18.8 Å². The van der Waals surface area contributed by atoms with E-state index in [1.165, 1.54) is 11.3 Å². The van der Waals surface area contributed by atoms with Gasteiger partial charge in [-0.1, -0.05) is 59.9 Å². The van der Waals surface area contributed by atoms with Gasteiger partial charge in [-0.2, -0.15) is 5.10 Å². The van der Waals surface area contributed by atoms with Gasteiger partial charge in [0, 0.05) is 24.0 Å². The highest BCUT2D eigenvalue weighted by Gasteiger charge is 2.32. The van der Waals surface area contributed by atoms with E-state index in [1.807, 2.05) is 87.6 Å². The first-order valence-electron chi connectivity index (χ1n) is 10.9. The van der Waals surface area contributed by atoms with Crippen molar-refractivity contribution < 1.29 is 4.79 Å². The monoisotopic (exact) mass is 469 g/mol. The summed E-state index contributed by atoms with van der Waals surface area (Å²) in [6.07, 6.45) is 3.59. The lowest BCUT2D eigenvalue weighted by Crippen LogP contribution is -2.40. The molecule has 0 saturated heterocycles. The molecule has 1 atom stereocenters. The van der Waals surface area contributed by atoms with Crippen LogP contribution in [-0.4, -0.2) is 20.3 Å². The van der Waals surface area contributed by atoms with Gasteiger partial charge in [0.1, 0.15) is 0 Å². The molecule has 7 nitrogen and oxygen atoms in total. The molecule has 8 heteroatoms. The first kappa shape index (κ1) is 21.8. The Hall–Kier alpha value is -4.04. The topological polar surface area (TPSA) is 81.3 Å². The summed E-state index contributed by atoms with van der Waals surface area (Å²) >= 11 is 1.32. The predicted octanol–water partition coefficient (Wildman–Crippen LogP) is 2.92. The predicted molar refractivity (Wildman–Crippen MR) is 133 cm³/mol. The number of benzene rings is 2. The fourth-order valence-corrected chi connectivity index (χ4v) is 5.12. The fourth-order valence-electron chi connectivity index (χ4n) is 4.08. The number of allylic oxidation sites excluding steroid dienone is 1. The molecule has 170 valence electrons. The maximum Gasteiger partial charge on any atom is 0.271 e. The van der Waals surface area contributed by atoms with Crippen molar-refractivity contribution in [1.29, 1.82) is 0 Å². The van der Waals surface area contributed by atoms with Crippen LogP contribution in [-0.2, 0) is 11.8 Å². The molecule has 2 aromatic heterocycles. The van der Waals surface area contributed by atoms with Gasteiger partial charge in [0.2, 0.25) is 0 Å². The van der Waals surface area contributed by atoms with E-state index in [-0.39, 0.29) is 11.5 Å². The van der Waals surface area contributed by atoms with Crippen molar-refractivity contribution in [3.05, 3.63) is 115 Å². The van der Waals surface area contributed by atoms with Crippen LogP contribution in [0.2, 0.25) is 0 Å². The largest absolute Gasteiger partial charge is 0.322 e. The van der Waals surface area contributed by atoms with Gasteiger partial charge in [0.25, 0.3) is 11.5 Å². The van der Waals surface area contributed by atoms with Gasteiger partial charge in [-0.05, 0) is 37.6 Å². The number of carbonyl (C=O) groups excluding carboxylic acids is 1. The van der Waals surface area contributed by atoms with Crippen LogP contribution in [0.25, 0.3) is 6.08 Å². The maximum absolute atomic E-state index is 13.7. The number of nitrogens with one attached hydrogen (secondary N) is 1. The highest BCUT2D eigenvalue weighted by Crippen LogP contribution is 2.30. The quantitative estimate of drug-likeness (QED) is 0.499. The molecule has 0 radical (unpaired) electrons. The van der Waals surface area contributed by atoms with Crippen molar-refractivity contribution >= 4 is 29.0 Å². The van der Waals surface area contributed by atoms with Gasteiger partial charge in [0.15, 0.2) is 4.80 Å². The van der Waals surface area contributed by atoms with Crippen molar-refractivity contribution in [2.75, 3.05) is 5.32 Å². The summed E-state index contributed by atoms with van der Waals surface area (Å²) < 4.78 is 3.95. The second-order valence-corrected chi connectivity index (χ2v) is 9.13. The molecule has 2 aromatic carbocycles. The standard InChI is InChI=1S/C26H23N5O2S/c1-16-22(24(32)29-20-12-8-5-9-13-20)23(18-10-6-4-7-11-18)31-25(33)21(34-26(31)28-16)14-19-15-27-30(3)17(19)2/h4-15,23H,1-3H3,(H,29,32). The number of fused-ring (bicyclic) bond motifs is 1. The number of aromatic nitrogens is 3. The van der Waals surface area contributed by atoms with Crippen molar-refractivity contribution in [2.24, 2.45) is 12.0 Å². The molecule has 4 aromatic rings. The van der Waals surface area contributed by atoms with E-state index in [2.05, 4.69) is 15.4 Å². The lowest BCUT2D eigenvalue weighted by Gasteiger charge is -2.25. The van der Waals surface area contributed by atoms with E-state index < -0.39 is 6.04 Å². The summed E-state index contributed by atoms with van der Waals surface area (Å²) in [7, 11) is 1.87. The molecule has 1 aliphatic rings. The van der Waals surface area contributed by atoms with Crippen molar-refractivity contribution in [3.63, 3.8) is 0 Å². The Morgan fingerprint density at radius 3 is 2.38 bits per heavy atom. The molecule has 1 aliphatic heterocycles. The van der Waals surface area contributed by atoms with Crippen LogP contribution in [0.15, 0.2) is 87.9 Å². The van der Waals surface area contributed by atoms with E-state index in [0.29, 0.717) is 26.3 Å². The van der Waals surface area contributed by atoms with Gasteiger partial charge in [-0.25, -0.2) is 4.99 Å². The number of aryl methyl sites for hydroxylation is 1. The molecule has 1 amide bonds. The zero-order valence-electron chi connectivity index (χ0n) is 19.0. The zero-order chi connectivity index (χ0) is 23.8. The second kappa shape index (κ2) is 8.72. The van der Waals surface area contributed by atoms with Crippen molar-refractivity contribution in [2.45, 2.75) is 19.9 Å². The van der Waals surface area contributed by atoms with E-state index in [9.17, 15) is 9.59 Å². The number of anilines is 1. The molecule has 0 saturated carbocycles. The van der Waals surface area contributed by atoms with Crippen molar-refractivity contribution in [1.82, 2.24) is 14.3 Å². The highest BCUT2D eigenvalue weighted by atomic mass is 32.1. The number of carbonyl (C=O) groups is 1. The summed E-state index contributed by atoms with van der Waals surface area (Å²) in [5, 5.41) is 7.23. The molecule has 1 N–H and O–H groups in total. The normalized spacial score (nSPS) is 15.7. The Labute approximate surface area is 200 Å². The van der Waals surface area contributed by atoms with Gasteiger partial charge in [-0.15, -0.1) is 0 Å². The summed E-state index contributed by atoms with van der Waals surface area (Å²) in [5.41, 5.74) is 4.23. The minimum atomic E-state index is -0.585. The SMILES string of the molecule is CC1=C(C(=O)Nc2ccccc2)C(c2ccccc2)n2c(sc(=Cc3cnn(C)c3C)c2=O)=N1. The van der Waals surface area contributed by atoms with Crippen LogP contribution in [0.1, 0.15) is 29.8 Å². The second-order valence-electron chi connectivity index (χ2n) is 8.12. The first-order valence-corrected chi connectivity index (χ1v) is 11.7. The number of hydrogen-bond donors (Lipinski definition) is 1. The average Bonchev–Trinajstić information content (AvgIpc) is 3.32. The van der Waals surface area contributed by atoms with Crippen LogP contribution in [0.4, 0.5) is 5.69 Å². The minimum Gasteiger partial charge on any atom is -0.322 e. The number of nitrogens with zero attached hydrogens (tertiary/aromatic N) is 4. The van der Waals surface area contributed by atoms with Gasteiger partial charge < -0.3 is 5.32 Å². The molecule has 0 spiro atoms. The molecule has 1 unspecified atom stereocenters. The van der Waals surface area contributed by atoms with Crippen LogP contribution >= 0.6 is 11.3 Å². The van der Waals surface area contributed by atoms with Crippen LogP contribution < -0.4 is 20.2 Å². The Morgan fingerprint density at radius 2 is 1.74 bits per heavy atom.